The summed E-state index contributed by atoms with van der Waals surface area (Å²) < 4.78 is 9.02. The first-order valence-electron chi connectivity index (χ1n) is 8.73. The van der Waals surface area contributed by atoms with E-state index in [1.54, 1.807) is 24.4 Å². The molecule has 1 atom stereocenters. The van der Waals surface area contributed by atoms with Crippen molar-refractivity contribution in [3.05, 3.63) is 64.7 Å². The van der Waals surface area contributed by atoms with E-state index in [4.69, 9.17) is 16.3 Å². The molecule has 142 valence electrons. The molecule has 0 radical (unpaired) electrons. The van der Waals surface area contributed by atoms with E-state index in [1.165, 1.54) is 4.68 Å². The molecule has 2 heterocycles. The van der Waals surface area contributed by atoms with E-state index >= 15 is 0 Å². The molecule has 1 unspecified atom stereocenters. The smallest absolute Gasteiger partial charge is 0.270 e. The molecule has 0 bridgehead atoms. The molecule has 1 amide bonds. The summed E-state index contributed by atoms with van der Waals surface area (Å²) in [5.41, 5.74) is 2.30. The zero-order valence-electron chi connectivity index (χ0n) is 15.5. The number of ether oxygens (including phenoxy) is 1. The van der Waals surface area contributed by atoms with E-state index in [9.17, 15) is 4.79 Å². The average molecular weight is 388 g/mol. The van der Waals surface area contributed by atoms with Crippen molar-refractivity contribution in [2.45, 2.75) is 40.1 Å². The predicted molar refractivity (Wildman–Crippen MR) is 103 cm³/mol. The zero-order chi connectivity index (χ0) is 19.4. The lowest BCUT2D eigenvalue weighted by Gasteiger charge is -2.14. The zero-order valence-corrected chi connectivity index (χ0v) is 16.3. The minimum atomic E-state index is -0.230. The predicted octanol–water partition coefficient (Wildman–Crippen LogP) is 3.59. The van der Waals surface area contributed by atoms with Gasteiger partial charge in [0.15, 0.2) is 6.73 Å². The summed E-state index contributed by atoms with van der Waals surface area (Å²) in [5.74, 6) is 0.309. The minimum Gasteiger partial charge on any atom is -0.470 e. The topological polar surface area (TPSA) is 74.0 Å². The Hall–Kier alpha value is -2.80. The van der Waals surface area contributed by atoms with Gasteiger partial charge >= 0.3 is 0 Å². The fourth-order valence-electron chi connectivity index (χ4n) is 2.79. The Labute approximate surface area is 162 Å². The molecule has 3 aromatic rings. The Morgan fingerprint density at radius 3 is 2.81 bits per heavy atom. The van der Waals surface area contributed by atoms with Crippen molar-refractivity contribution in [2.75, 3.05) is 0 Å². The fourth-order valence-corrected chi connectivity index (χ4v) is 2.98. The number of para-hydroxylation sites is 1. The van der Waals surface area contributed by atoms with E-state index in [0.29, 0.717) is 16.5 Å². The molecular weight excluding hydrogens is 366 g/mol. The molecule has 0 fully saturated rings. The molecule has 3 rings (SSSR count). The number of benzene rings is 1. The van der Waals surface area contributed by atoms with Crippen LogP contribution in [0.5, 0.6) is 5.75 Å². The summed E-state index contributed by atoms with van der Waals surface area (Å²) >= 11 is 6.09. The van der Waals surface area contributed by atoms with Crippen molar-refractivity contribution in [1.29, 1.82) is 0 Å². The van der Waals surface area contributed by atoms with Crippen LogP contribution in [0.2, 0.25) is 5.02 Å². The molecule has 0 aliphatic heterocycles. The Balaban J connectivity index is 1.68. The van der Waals surface area contributed by atoms with Crippen molar-refractivity contribution >= 4 is 17.5 Å². The third-order valence-electron chi connectivity index (χ3n) is 4.25. The highest BCUT2D eigenvalue weighted by Crippen LogP contribution is 2.23. The first-order valence-corrected chi connectivity index (χ1v) is 9.11. The van der Waals surface area contributed by atoms with Gasteiger partial charge in [-0.1, -0.05) is 23.7 Å². The maximum absolute atomic E-state index is 12.7. The SMILES string of the molecule is CCn1cc(C(C)NC(=O)c2ccnn2COc2ccccc2Cl)c(C)n1. The lowest BCUT2D eigenvalue weighted by atomic mass is 10.1. The highest BCUT2D eigenvalue weighted by Gasteiger charge is 2.18. The standard InChI is InChI=1S/C19H22ClN5O2/c1-4-24-11-15(14(3)23-24)13(2)22-19(26)17-9-10-21-25(17)12-27-18-8-6-5-7-16(18)20/h5-11,13H,4,12H2,1-3H3,(H,22,26). The van der Waals surface area contributed by atoms with Gasteiger partial charge in [0.05, 0.1) is 16.8 Å². The maximum Gasteiger partial charge on any atom is 0.270 e. The monoisotopic (exact) mass is 387 g/mol. The second-order valence-corrected chi connectivity index (χ2v) is 6.55. The second-order valence-electron chi connectivity index (χ2n) is 6.14. The minimum absolute atomic E-state index is 0.0840. The number of aromatic nitrogens is 4. The summed E-state index contributed by atoms with van der Waals surface area (Å²) in [7, 11) is 0. The number of aryl methyl sites for hydroxylation is 2. The number of rotatable bonds is 7. The average Bonchev–Trinajstić information content (AvgIpc) is 3.27. The molecule has 0 spiro atoms. The van der Waals surface area contributed by atoms with Gasteiger partial charge in [0, 0.05) is 24.5 Å². The lowest BCUT2D eigenvalue weighted by molar-refractivity contribution is 0.0918. The van der Waals surface area contributed by atoms with Crippen molar-refractivity contribution in [3.8, 4) is 5.75 Å². The van der Waals surface area contributed by atoms with Gasteiger partial charge in [-0.2, -0.15) is 10.2 Å². The molecule has 27 heavy (non-hydrogen) atoms. The third-order valence-corrected chi connectivity index (χ3v) is 4.56. The van der Waals surface area contributed by atoms with Crippen molar-refractivity contribution in [3.63, 3.8) is 0 Å². The van der Waals surface area contributed by atoms with Crippen LogP contribution in [0, 0.1) is 6.92 Å². The quantitative estimate of drug-likeness (QED) is 0.672. The van der Waals surface area contributed by atoms with Gasteiger partial charge in [-0.25, -0.2) is 4.68 Å². The highest BCUT2D eigenvalue weighted by molar-refractivity contribution is 6.32. The van der Waals surface area contributed by atoms with Gasteiger partial charge in [0.2, 0.25) is 0 Å². The third kappa shape index (κ3) is 4.31. The normalized spacial score (nSPS) is 12.0. The number of amides is 1. The lowest BCUT2D eigenvalue weighted by Crippen LogP contribution is -2.29. The van der Waals surface area contributed by atoms with Gasteiger partial charge in [-0.3, -0.25) is 9.48 Å². The Morgan fingerprint density at radius 1 is 1.33 bits per heavy atom. The Kier molecular flexibility index (Phi) is 5.81. The van der Waals surface area contributed by atoms with Gasteiger partial charge < -0.3 is 10.1 Å². The van der Waals surface area contributed by atoms with E-state index in [2.05, 4.69) is 15.5 Å². The molecule has 0 aliphatic carbocycles. The molecule has 7 nitrogen and oxygen atoms in total. The number of nitrogens with zero attached hydrogens (tertiary/aromatic N) is 4. The van der Waals surface area contributed by atoms with Gasteiger partial charge in [-0.05, 0) is 39.0 Å². The van der Waals surface area contributed by atoms with Gasteiger partial charge in [0.1, 0.15) is 11.4 Å². The van der Waals surface area contributed by atoms with Gasteiger partial charge in [-0.15, -0.1) is 0 Å². The molecule has 1 N–H and O–H groups in total. The molecular formula is C19H22ClN5O2. The molecule has 0 aliphatic rings. The summed E-state index contributed by atoms with van der Waals surface area (Å²) in [5, 5.41) is 12.1. The van der Waals surface area contributed by atoms with Crippen molar-refractivity contribution in [2.24, 2.45) is 0 Å². The number of hydrogen-bond acceptors (Lipinski definition) is 4. The van der Waals surface area contributed by atoms with Crippen LogP contribution >= 0.6 is 11.6 Å². The van der Waals surface area contributed by atoms with Crippen LogP contribution in [-0.2, 0) is 13.3 Å². The van der Waals surface area contributed by atoms with Crippen LogP contribution < -0.4 is 10.1 Å². The second kappa shape index (κ2) is 8.26. The van der Waals surface area contributed by atoms with Crippen LogP contribution in [0.25, 0.3) is 0 Å². The van der Waals surface area contributed by atoms with E-state index in [0.717, 1.165) is 17.8 Å². The number of nitrogens with one attached hydrogen (secondary N) is 1. The van der Waals surface area contributed by atoms with Crippen LogP contribution in [0.3, 0.4) is 0 Å². The maximum atomic E-state index is 12.7. The number of hydrogen-bond donors (Lipinski definition) is 1. The fraction of sp³-hybridized carbons (Fsp3) is 0.316. The first-order chi connectivity index (χ1) is 13.0. The van der Waals surface area contributed by atoms with Crippen LogP contribution in [0.4, 0.5) is 0 Å². The summed E-state index contributed by atoms with van der Waals surface area (Å²) in [6.07, 6.45) is 3.52. The largest absolute Gasteiger partial charge is 0.470 e. The first kappa shape index (κ1) is 19.0. The molecule has 1 aromatic carbocycles. The van der Waals surface area contributed by atoms with Crippen molar-refractivity contribution in [1.82, 2.24) is 24.9 Å². The van der Waals surface area contributed by atoms with E-state index < -0.39 is 0 Å². The highest BCUT2D eigenvalue weighted by atomic mass is 35.5. The van der Waals surface area contributed by atoms with E-state index in [1.807, 2.05) is 43.8 Å². The molecule has 2 aromatic heterocycles. The molecule has 8 heteroatoms. The summed E-state index contributed by atoms with van der Waals surface area (Å²) in [6, 6.07) is 8.64. The van der Waals surface area contributed by atoms with E-state index in [-0.39, 0.29) is 18.7 Å². The Morgan fingerprint density at radius 2 is 2.11 bits per heavy atom. The van der Waals surface area contributed by atoms with Crippen LogP contribution in [0.15, 0.2) is 42.7 Å². The summed E-state index contributed by atoms with van der Waals surface area (Å²) in [6.45, 7) is 6.76. The molecule has 0 saturated heterocycles. The number of halogens is 1. The number of carbonyl (C=O) groups is 1. The number of carbonyl (C=O) groups excluding carboxylic acids is 1. The van der Waals surface area contributed by atoms with Crippen molar-refractivity contribution < 1.29 is 9.53 Å². The Bertz CT molecular complexity index is 934. The molecule has 0 saturated carbocycles. The summed E-state index contributed by atoms with van der Waals surface area (Å²) in [4.78, 5) is 12.7. The van der Waals surface area contributed by atoms with Crippen LogP contribution in [-0.4, -0.2) is 25.5 Å². The van der Waals surface area contributed by atoms with Gasteiger partial charge in [0.25, 0.3) is 5.91 Å². The van der Waals surface area contributed by atoms with Crippen LogP contribution in [0.1, 0.15) is 41.6 Å².